The van der Waals surface area contributed by atoms with Gasteiger partial charge in [-0.3, -0.25) is 9.80 Å². The average Bonchev–Trinajstić information content (AvgIpc) is 2.17. The largest absolute Gasteiger partial charge is 0.395 e. The van der Waals surface area contributed by atoms with Crippen LogP contribution in [0.1, 0.15) is 0 Å². The number of hydrogen-bond donors (Lipinski definition) is 3. The summed E-state index contributed by atoms with van der Waals surface area (Å²) in [5, 5.41) is 8.71. The first-order valence-corrected chi connectivity index (χ1v) is 5.05. The second-order valence-electron chi connectivity index (χ2n) is 3.84. The number of hydrogen-bond acceptors (Lipinski definition) is 6. The molecule has 2 unspecified atom stereocenters. The van der Waals surface area contributed by atoms with Crippen LogP contribution in [0.2, 0.25) is 0 Å². The Labute approximate surface area is 91.8 Å². The van der Waals surface area contributed by atoms with Crippen molar-refractivity contribution in [2.75, 3.05) is 47.5 Å². The van der Waals surface area contributed by atoms with Crippen molar-refractivity contribution in [1.29, 1.82) is 0 Å². The smallest absolute Gasteiger partial charge is 0.0811 e. The van der Waals surface area contributed by atoms with Crippen molar-refractivity contribution in [2.24, 2.45) is 11.5 Å². The number of nitrogens with two attached hydrogens (primary N) is 2. The SMILES string of the molecule is CN(C)C(N)COCC(N)N(C)CCO. The van der Waals surface area contributed by atoms with Gasteiger partial charge in [0.05, 0.1) is 32.2 Å². The minimum Gasteiger partial charge on any atom is -0.395 e. The second kappa shape index (κ2) is 7.98. The third-order valence-electron chi connectivity index (χ3n) is 2.26. The van der Waals surface area contributed by atoms with Gasteiger partial charge in [0.2, 0.25) is 0 Å². The molecule has 0 spiro atoms. The molecule has 0 aromatic rings. The molecule has 0 aliphatic heterocycles. The van der Waals surface area contributed by atoms with Crippen molar-refractivity contribution < 1.29 is 9.84 Å². The van der Waals surface area contributed by atoms with Gasteiger partial charge in [-0.1, -0.05) is 0 Å². The number of likely N-dealkylation sites (N-methyl/N-ethyl adjacent to an activating group) is 2. The van der Waals surface area contributed by atoms with E-state index >= 15 is 0 Å². The van der Waals surface area contributed by atoms with Crippen LogP contribution in [0.3, 0.4) is 0 Å². The summed E-state index contributed by atoms with van der Waals surface area (Å²) in [5.41, 5.74) is 11.5. The van der Waals surface area contributed by atoms with Crippen LogP contribution >= 0.6 is 0 Å². The van der Waals surface area contributed by atoms with E-state index in [0.717, 1.165) is 0 Å². The molecule has 0 aromatic carbocycles. The van der Waals surface area contributed by atoms with Crippen LogP contribution in [0.15, 0.2) is 0 Å². The fourth-order valence-corrected chi connectivity index (χ4v) is 0.909. The third-order valence-corrected chi connectivity index (χ3v) is 2.26. The molecule has 0 radical (unpaired) electrons. The minimum atomic E-state index is -0.202. The maximum atomic E-state index is 8.71. The molecule has 6 nitrogen and oxygen atoms in total. The molecule has 0 heterocycles. The molecule has 6 heteroatoms. The van der Waals surface area contributed by atoms with E-state index in [1.807, 2.05) is 30.9 Å². The van der Waals surface area contributed by atoms with Crippen molar-refractivity contribution in [3.8, 4) is 0 Å². The Morgan fingerprint density at radius 2 is 1.67 bits per heavy atom. The molecule has 2 atom stereocenters. The Bertz CT molecular complexity index is 157. The maximum absolute atomic E-state index is 8.71. The van der Waals surface area contributed by atoms with E-state index in [4.69, 9.17) is 21.3 Å². The van der Waals surface area contributed by atoms with E-state index in [0.29, 0.717) is 19.8 Å². The van der Waals surface area contributed by atoms with Crippen LogP contribution in [-0.4, -0.2) is 74.7 Å². The van der Waals surface area contributed by atoms with Crippen LogP contribution in [0.5, 0.6) is 0 Å². The maximum Gasteiger partial charge on any atom is 0.0811 e. The quantitative estimate of drug-likeness (QED) is 0.412. The van der Waals surface area contributed by atoms with Crippen LogP contribution in [0.25, 0.3) is 0 Å². The summed E-state index contributed by atoms with van der Waals surface area (Å²) >= 11 is 0. The highest BCUT2D eigenvalue weighted by Gasteiger charge is 2.10. The summed E-state index contributed by atoms with van der Waals surface area (Å²) in [6.07, 6.45) is -0.313. The van der Waals surface area contributed by atoms with Crippen LogP contribution < -0.4 is 11.5 Å². The molecule has 0 rings (SSSR count). The predicted molar refractivity (Wildman–Crippen MR) is 60.2 cm³/mol. The number of nitrogens with zero attached hydrogens (tertiary/aromatic N) is 2. The summed E-state index contributed by atoms with van der Waals surface area (Å²) in [5.74, 6) is 0. The fourth-order valence-electron chi connectivity index (χ4n) is 0.909. The number of aliphatic hydroxyl groups is 1. The molecular weight excluding hydrogens is 196 g/mol. The number of ether oxygens (including phenoxy) is 1. The van der Waals surface area contributed by atoms with Gasteiger partial charge in [-0.25, -0.2) is 0 Å². The molecule has 0 bridgehead atoms. The van der Waals surface area contributed by atoms with Gasteiger partial charge in [-0.05, 0) is 21.1 Å². The minimum absolute atomic E-state index is 0.0986. The van der Waals surface area contributed by atoms with Crippen molar-refractivity contribution >= 4 is 0 Å². The molecule has 0 saturated heterocycles. The van der Waals surface area contributed by atoms with Crippen molar-refractivity contribution in [3.05, 3.63) is 0 Å². The van der Waals surface area contributed by atoms with E-state index in [2.05, 4.69) is 0 Å². The molecule has 0 fully saturated rings. The lowest BCUT2D eigenvalue weighted by Crippen LogP contribution is -2.46. The summed E-state index contributed by atoms with van der Waals surface area (Å²) in [6, 6.07) is 0. The lowest BCUT2D eigenvalue weighted by Gasteiger charge is -2.25. The zero-order chi connectivity index (χ0) is 11.8. The van der Waals surface area contributed by atoms with Gasteiger partial charge in [-0.15, -0.1) is 0 Å². The highest BCUT2D eigenvalue weighted by molar-refractivity contribution is 4.61. The predicted octanol–water partition coefficient (Wildman–Crippen LogP) is -1.94. The summed E-state index contributed by atoms with van der Waals surface area (Å²) in [4.78, 5) is 3.71. The van der Waals surface area contributed by atoms with Crippen LogP contribution in [0.4, 0.5) is 0 Å². The first kappa shape index (κ1) is 14.8. The molecule has 92 valence electrons. The van der Waals surface area contributed by atoms with Gasteiger partial charge in [0.25, 0.3) is 0 Å². The lowest BCUT2D eigenvalue weighted by molar-refractivity contribution is 0.0380. The third kappa shape index (κ3) is 6.77. The molecular formula is C9H24N4O2. The van der Waals surface area contributed by atoms with E-state index in [9.17, 15) is 0 Å². The Hall–Kier alpha value is -0.240. The second-order valence-corrected chi connectivity index (χ2v) is 3.84. The van der Waals surface area contributed by atoms with Gasteiger partial charge in [0.15, 0.2) is 0 Å². The highest BCUT2D eigenvalue weighted by atomic mass is 16.5. The van der Waals surface area contributed by atoms with E-state index < -0.39 is 0 Å². The number of rotatable bonds is 8. The average molecular weight is 220 g/mol. The van der Waals surface area contributed by atoms with Gasteiger partial charge in [-0.2, -0.15) is 0 Å². The summed E-state index contributed by atoms with van der Waals surface area (Å²) < 4.78 is 5.37. The van der Waals surface area contributed by atoms with E-state index in [1.165, 1.54) is 0 Å². The Balaban J connectivity index is 3.58. The lowest BCUT2D eigenvalue weighted by atomic mass is 10.4. The van der Waals surface area contributed by atoms with Crippen molar-refractivity contribution in [2.45, 2.75) is 12.3 Å². The molecule has 0 saturated carbocycles. The van der Waals surface area contributed by atoms with Gasteiger partial charge >= 0.3 is 0 Å². The molecule has 0 aliphatic rings. The Kier molecular flexibility index (Phi) is 7.85. The summed E-state index contributed by atoms with van der Waals surface area (Å²) in [6.45, 7) is 1.51. The monoisotopic (exact) mass is 220 g/mol. The van der Waals surface area contributed by atoms with E-state index in [-0.39, 0.29) is 18.9 Å². The standard InChI is InChI=1S/C9H24N4O2/c1-12(2)8(10)6-15-7-9(11)13(3)4-5-14/h8-9,14H,4-7,10-11H2,1-3H3. The first-order valence-electron chi connectivity index (χ1n) is 5.05. The number of aliphatic hydroxyl groups excluding tert-OH is 1. The zero-order valence-electron chi connectivity index (χ0n) is 9.89. The summed E-state index contributed by atoms with van der Waals surface area (Å²) in [7, 11) is 5.63. The fraction of sp³-hybridized carbons (Fsp3) is 1.00. The van der Waals surface area contributed by atoms with Crippen LogP contribution in [0, 0.1) is 0 Å². The Morgan fingerprint density at radius 1 is 1.13 bits per heavy atom. The Morgan fingerprint density at radius 3 is 2.13 bits per heavy atom. The van der Waals surface area contributed by atoms with Gasteiger partial charge in [0, 0.05) is 6.54 Å². The van der Waals surface area contributed by atoms with Crippen molar-refractivity contribution in [3.63, 3.8) is 0 Å². The van der Waals surface area contributed by atoms with Crippen LogP contribution in [-0.2, 0) is 4.74 Å². The van der Waals surface area contributed by atoms with E-state index in [1.54, 1.807) is 0 Å². The normalized spacial score (nSPS) is 16.0. The zero-order valence-corrected chi connectivity index (χ0v) is 9.89. The molecule has 0 aromatic heterocycles. The van der Waals surface area contributed by atoms with Gasteiger partial charge < -0.3 is 21.3 Å². The van der Waals surface area contributed by atoms with Crippen molar-refractivity contribution in [1.82, 2.24) is 9.80 Å². The molecule has 15 heavy (non-hydrogen) atoms. The molecule has 5 N–H and O–H groups in total. The highest BCUT2D eigenvalue weighted by Crippen LogP contribution is 1.92. The first-order chi connectivity index (χ1) is 6.99. The van der Waals surface area contributed by atoms with Gasteiger partial charge in [0.1, 0.15) is 0 Å². The molecule has 0 amide bonds. The topological polar surface area (TPSA) is 88.0 Å². The molecule has 0 aliphatic carbocycles.